The van der Waals surface area contributed by atoms with Crippen LogP contribution in [0, 0.1) is 11.8 Å². The van der Waals surface area contributed by atoms with E-state index in [4.69, 9.17) is 0 Å². The number of aromatic nitrogens is 1. The van der Waals surface area contributed by atoms with Crippen molar-refractivity contribution in [2.24, 2.45) is 11.8 Å². The summed E-state index contributed by atoms with van der Waals surface area (Å²) in [7, 11) is 0. The van der Waals surface area contributed by atoms with Crippen LogP contribution in [-0.4, -0.2) is 15.6 Å². The molecular formula is C16H25NO2. The largest absolute Gasteiger partial charge is 0.477 e. The van der Waals surface area contributed by atoms with Crippen molar-refractivity contribution >= 4 is 5.97 Å². The van der Waals surface area contributed by atoms with Gasteiger partial charge >= 0.3 is 5.97 Å². The highest BCUT2D eigenvalue weighted by atomic mass is 16.4. The van der Waals surface area contributed by atoms with Crippen molar-refractivity contribution in [3.05, 3.63) is 23.5 Å². The molecule has 1 heterocycles. The third-order valence-corrected chi connectivity index (χ3v) is 4.06. The summed E-state index contributed by atoms with van der Waals surface area (Å²) in [4.78, 5) is 11.3. The Morgan fingerprint density at radius 2 is 2.00 bits per heavy atom. The maximum absolute atomic E-state index is 11.3. The summed E-state index contributed by atoms with van der Waals surface area (Å²) >= 11 is 0. The van der Waals surface area contributed by atoms with E-state index < -0.39 is 5.97 Å². The van der Waals surface area contributed by atoms with Crippen LogP contribution >= 0.6 is 0 Å². The zero-order valence-corrected chi connectivity index (χ0v) is 12.1. The molecule has 19 heavy (non-hydrogen) atoms. The van der Waals surface area contributed by atoms with Crippen LogP contribution in [0.25, 0.3) is 0 Å². The first-order valence-corrected chi connectivity index (χ1v) is 7.49. The van der Waals surface area contributed by atoms with Gasteiger partial charge in [0, 0.05) is 12.2 Å². The number of nitrogens with zero attached hydrogens (tertiary/aromatic N) is 1. The molecule has 0 radical (unpaired) electrons. The molecule has 1 aromatic heterocycles. The van der Waals surface area contributed by atoms with Crippen LogP contribution in [0.5, 0.6) is 0 Å². The average molecular weight is 263 g/mol. The molecule has 0 aliphatic heterocycles. The van der Waals surface area contributed by atoms with E-state index >= 15 is 0 Å². The Kier molecular flexibility index (Phi) is 4.67. The molecule has 1 aliphatic carbocycles. The minimum atomic E-state index is -0.810. The number of rotatable bonds is 5. The van der Waals surface area contributed by atoms with Crippen molar-refractivity contribution in [1.82, 2.24) is 4.57 Å². The summed E-state index contributed by atoms with van der Waals surface area (Å²) in [5.41, 5.74) is 1.65. The third kappa shape index (κ3) is 3.62. The fourth-order valence-corrected chi connectivity index (χ4v) is 3.14. The van der Waals surface area contributed by atoms with Gasteiger partial charge in [0.05, 0.1) is 0 Å². The zero-order chi connectivity index (χ0) is 13.8. The predicted molar refractivity (Wildman–Crippen MR) is 76.5 cm³/mol. The Morgan fingerprint density at radius 1 is 1.32 bits per heavy atom. The second-order valence-corrected chi connectivity index (χ2v) is 6.23. The van der Waals surface area contributed by atoms with E-state index in [2.05, 4.69) is 13.8 Å². The average Bonchev–Trinajstić information content (AvgIpc) is 2.73. The molecule has 1 N–H and O–H groups in total. The lowest BCUT2D eigenvalue weighted by Crippen LogP contribution is -2.17. The van der Waals surface area contributed by atoms with Gasteiger partial charge in [0.25, 0.3) is 0 Å². The second-order valence-electron chi connectivity index (χ2n) is 6.23. The zero-order valence-electron chi connectivity index (χ0n) is 12.1. The van der Waals surface area contributed by atoms with Crippen molar-refractivity contribution in [1.29, 1.82) is 0 Å². The molecular weight excluding hydrogens is 238 g/mol. The Balaban J connectivity index is 2.16. The minimum Gasteiger partial charge on any atom is -0.477 e. The van der Waals surface area contributed by atoms with E-state index in [1.807, 2.05) is 10.6 Å². The topological polar surface area (TPSA) is 42.2 Å². The monoisotopic (exact) mass is 263 g/mol. The minimum absolute atomic E-state index is 0.444. The summed E-state index contributed by atoms with van der Waals surface area (Å²) in [5.74, 6) is 0.405. The molecule has 3 heteroatoms. The normalized spacial score (nSPS) is 17.0. The number of aromatic carboxylic acids is 1. The van der Waals surface area contributed by atoms with Gasteiger partial charge in [0.1, 0.15) is 5.69 Å². The molecule has 1 fully saturated rings. The molecule has 0 aromatic carbocycles. The van der Waals surface area contributed by atoms with Gasteiger partial charge in [-0.1, -0.05) is 46.0 Å². The standard InChI is InChI=1S/C16H25NO2/c1-12(2)11-17-14(8-9-15(17)16(18)19)10-13-6-4-3-5-7-13/h8-9,12-13H,3-7,10-11H2,1-2H3,(H,18,19). The molecule has 2 rings (SSSR count). The van der Waals surface area contributed by atoms with E-state index in [9.17, 15) is 9.90 Å². The maximum atomic E-state index is 11.3. The van der Waals surface area contributed by atoms with Crippen LogP contribution in [0.1, 0.15) is 62.1 Å². The molecule has 0 saturated heterocycles. The van der Waals surface area contributed by atoms with Crippen LogP contribution in [0.15, 0.2) is 12.1 Å². The van der Waals surface area contributed by atoms with Crippen molar-refractivity contribution in [3.63, 3.8) is 0 Å². The molecule has 0 unspecified atom stereocenters. The summed E-state index contributed by atoms with van der Waals surface area (Å²) in [6, 6.07) is 3.78. The van der Waals surface area contributed by atoms with Crippen LogP contribution in [0.2, 0.25) is 0 Å². The van der Waals surface area contributed by atoms with E-state index in [-0.39, 0.29) is 0 Å². The van der Waals surface area contributed by atoms with Crippen molar-refractivity contribution in [2.45, 2.75) is 58.9 Å². The van der Waals surface area contributed by atoms with Gasteiger partial charge in [-0.05, 0) is 30.4 Å². The number of carboxylic acid groups (broad SMARTS) is 1. The highest BCUT2D eigenvalue weighted by molar-refractivity contribution is 5.86. The van der Waals surface area contributed by atoms with Crippen LogP contribution in [0.4, 0.5) is 0 Å². The quantitative estimate of drug-likeness (QED) is 0.873. The van der Waals surface area contributed by atoms with E-state index in [0.717, 1.165) is 18.9 Å². The van der Waals surface area contributed by atoms with Gasteiger partial charge in [-0.2, -0.15) is 0 Å². The van der Waals surface area contributed by atoms with E-state index in [0.29, 0.717) is 11.6 Å². The smallest absolute Gasteiger partial charge is 0.352 e. The number of hydrogen-bond donors (Lipinski definition) is 1. The van der Waals surface area contributed by atoms with Crippen molar-refractivity contribution in [3.8, 4) is 0 Å². The van der Waals surface area contributed by atoms with Crippen LogP contribution in [-0.2, 0) is 13.0 Å². The van der Waals surface area contributed by atoms with Crippen LogP contribution < -0.4 is 0 Å². The molecule has 3 nitrogen and oxygen atoms in total. The fraction of sp³-hybridized carbons (Fsp3) is 0.688. The van der Waals surface area contributed by atoms with Gasteiger partial charge in [-0.3, -0.25) is 0 Å². The van der Waals surface area contributed by atoms with E-state index in [1.165, 1.54) is 37.8 Å². The maximum Gasteiger partial charge on any atom is 0.352 e. The first kappa shape index (κ1) is 14.2. The summed E-state index contributed by atoms with van der Waals surface area (Å²) in [6.45, 7) is 5.07. The summed E-state index contributed by atoms with van der Waals surface area (Å²) in [5, 5.41) is 9.28. The molecule has 0 bridgehead atoms. The second kappa shape index (κ2) is 6.27. The first-order chi connectivity index (χ1) is 9.08. The third-order valence-electron chi connectivity index (χ3n) is 4.06. The Hall–Kier alpha value is -1.25. The van der Waals surface area contributed by atoms with Crippen LogP contribution in [0.3, 0.4) is 0 Å². The first-order valence-electron chi connectivity index (χ1n) is 7.49. The number of hydrogen-bond acceptors (Lipinski definition) is 1. The predicted octanol–water partition coefficient (Wildman–Crippen LogP) is 3.97. The van der Waals surface area contributed by atoms with Gasteiger partial charge in [-0.25, -0.2) is 4.79 Å². The molecule has 1 saturated carbocycles. The van der Waals surface area contributed by atoms with Gasteiger partial charge in [0.15, 0.2) is 0 Å². The SMILES string of the molecule is CC(C)Cn1c(CC2CCCCC2)ccc1C(=O)O. The van der Waals surface area contributed by atoms with Crippen molar-refractivity contribution < 1.29 is 9.90 Å². The molecule has 106 valence electrons. The Morgan fingerprint density at radius 3 is 2.58 bits per heavy atom. The molecule has 0 amide bonds. The lowest BCUT2D eigenvalue weighted by atomic mass is 9.86. The fourth-order valence-electron chi connectivity index (χ4n) is 3.14. The molecule has 0 atom stereocenters. The summed E-state index contributed by atoms with van der Waals surface area (Å²) < 4.78 is 2.02. The van der Waals surface area contributed by atoms with Crippen molar-refractivity contribution in [2.75, 3.05) is 0 Å². The van der Waals surface area contributed by atoms with Gasteiger partial charge < -0.3 is 9.67 Å². The Bertz CT molecular complexity index is 428. The molecule has 1 aromatic rings. The lowest BCUT2D eigenvalue weighted by molar-refractivity contribution is 0.0683. The van der Waals surface area contributed by atoms with Gasteiger partial charge in [0.2, 0.25) is 0 Å². The number of carboxylic acids is 1. The van der Waals surface area contributed by atoms with E-state index in [1.54, 1.807) is 6.07 Å². The summed E-state index contributed by atoms with van der Waals surface area (Å²) in [6.07, 6.45) is 7.68. The van der Waals surface area contributed by atoms with Gasteiger partial charge in [-0.15, -0.1) is 0 Å². The molecule has 1 aliphatic rings. The highest BCUT2D eigenvalue weighted by Gasteiger charge is 2.19. The Labute approximate surface area is 115 Å². The number of carbonyl (C=O) groups is 1. The molecule has 0 spiro atoms. The lowest BCUT2D eigenvalue weighted by Gasteiger charge is -2.23. The highest BCUT2D eigenvalue weighted by Crippen LogP contribution is 2.27.